The summed E-state index contributed by atoms with van der Waals surface area (Å²) in [5.74, 6) is 0.383. The molecule has 0 saturated carbocycles. The zero-order chi connectivity index (χ0) is 20.6. The van der Waals surface area contributed by atoms with Crippen LogP contribution in [0.5, 0.6) is 5.75 Å². The monoisotopic (exact) mass is 425 g/mol. The summed E-state index contributed by atoms with van der Waals surface area (Å²) in [7, 11) is -2.01. The highest BCUT2D eigenvalue weighted by Gasteiger charge is 2.39. The predicted octanol–water partition coefficient (Wildman–Crippen LogP) is 6.04. The summed E-state index contributed by atoms with van der Waals surface area (Å²) in [6.07, 6.45) is 1.31. The van der Waals surface area contributed by atoms with Crippen molar-refractivity contribution in [1.82, 2.24) is 9.97 Å². The van der Waals surface area contributed by atoms with E-state index < -0.39 is 14.2 Å². The van der Waals surface area contributed by atoms with Crippen molar-refractivity contribution >= 4 is 43.1 Å². The van der Waals surface area contributed by atoms with Crippen LogP contribution in [-0.2, 0) is 0 Å². The van der Waals surface area contributed by atoms with E-state index in [0.29, 0.717) is 5.69 Å². The molecule has 1 heterocycles. The van der Waals surface area contributed by atoms with E-state index in [1.54, 1.807) is 0 Å². The number of hydrogen-bond donors (Lipinski definition) is 1. The average molecular weight is 426 g/mol. The maximum atomic E-state index is 12.7. The largest absolute Gasteiger partial charge is 0.543 e. The van der Waals surface area contributed by atoms with Crippen LogP contribution >= 0.6 is 23.2 Å². The lowest BCUT2D eigenvalue weighted by Crippen LogP contribution is -2.44. The number of carbonyl (C=O) groups is 1. The normalized spacial score (nSPS) is 12.0. The molecule has 146 valence electrons. The van der Waals surface area contributed by atoms with Crippen LogP contribution in [0.1, 0.15) is 42.3 Å². The highest BCUT2D eigenvalue weighted by molar-refractivity contribution is 6.74. The summed E-state index contributed by atoms with van der Waals surface area (Å²) < 4.78 is 6.44. The van der Waals surface area contributed by atoms with Crippen LogP contribution in [0.3, 0.4) is 0 Å². The van der Waals surface area contributed by atoms with Gasteiger partial charge in [0.25, 0.3) is 5.91 Å². The summed E-state index contributed by atoms with van der Waals surface area (Å²) in [4.78, 5) is 20.3. The minimum atomic E-state index is -2.01. The summed E-state index contributed by atoms with van der Waals surface area (Å²) in [5, 5.41) is 2.99. The fourth-order valence-corrected chi connectivity index (χ4v) is 3.70. The number of nitrogens with zero attached hydrogens (tertiary/aromatic N) is 2. The van der Waals surface area contributed by atoms with Gasteiger partial charge in [-0.3, -0.25) is 4.79 Å². The molecule has 0 unspecified atom stereocenters. The molecule has 0 aliphatic rings. The molecule has 27 heavy (non-hydrogen) atoms. The number of amides is 1. The first kappa shape index (κ1) is 21.7. The molecule has 0 saturated heterocycles. The molecular weight excluding hydrogens is 401 g/mol. The molecule has 0 spiro atoms. The molecule has 0 aliphatic heterocycles. The number of rotatable bonds is 4. The van der Waals surface area contributed by atoms with Gasteiger partial charge in [0, 0.05) is 11.8 Å². The number of aromatic nitrogens is 2. The zero-order valence-corrected chi connectivity index (χ0v) is 19.2. The van der Waals surface area contributed by atoms with E-state index in [4.69, 9.17) is 27.6 Å². The third kappa shape index (κ3) is 4.81. The molecule has 2 rings (SSSR count). The Morgan fingerprint density at radius 3 is 2.37 bits per heavy atom. The fourth-order valence-electron chi connectivity index (χ4n) is 2.23. The van der Waals surface area contributed by atoms with Gasteiger partial charge in [-0.15, -0.1) is 0 Å². The summed E-state index contributed by atoms with van der Waals surface area (Å²) in [5.41, 5.74) is 2.66. The van der Waals surface area contributed by atoms with Gasteiger partial charge < -0.3 is 9.74 Å². The van der Waals surface area contributed by atoms with Crippen molar-refractivity contribution in [3.8, 4) is 5.75 Å². The van der Waals surface area contributed by atoms with Crippen LogP contribution in [0.25, 0.3) is 0 Å². The molecule has 1 aromatic carbocycles. The first-order valence-corrected chi connectivity index (χ1v) is 12.3. The van der Waals surface area contributed by atoms with E-state index in [9.17, 15) is 4.79 Å². The van der Waals surface area contributed by atoms with Gasteiger partial charge in [-0.25, -0.2) is 9.97 Å². The van der Waals surface area contributed by atoms with Gasteiger partial charge in [-0.05, 0) is 55.2 Å². The van der Waals surface area contributed by atoms with Crippen molar-refractivity contribution in [3.05, 3.63) is 45.5 Å². The molecular formula is C19H25Cl2N3O2Si. The van der Waals surface area contributed by atoms with Gasteiger partial charge >= 0.3 is 0 Å². The minimum absolute atomic E-state index is 0.00585. The molecule has 0 bridgehead atoms. The number of benzene rings is 1. The van der Waals surface area contributed by atoms with Crippen molar-refractivity contribution in [2.45, 2.75) is 52.8 Å². The molecule has 1 aromatic heterocycles. The second-order valence-corrected chi connectivity index (χ2v) is 13.5. The molecule has 2 aromatic rings. The molecule has 5 nitrogen and oxygen atoms in total. The Labute approximate surface area is 171 Å². The van der Waals surface area contributed by atoms with Crippen LogP contribution in [0.15, 0.2) is 18.3 Å². The van der Waals surface area contributed by atoms with Crippen LogP contribution in [0.2, 0.25) is 28.6 Å². The Bertz CT molecular complexity index is 880. The van der Waals surface area contributed by atoms with Crippen LogP contribution < -0.4 is 9.74 Å². The second-order valence-electron chi connectivity index (χ2n) is 8.04. The SMILES string of the molecule is Cc1ccc(O[Si](C)(C)C(C)(C)C)c(C)c1NC(=O)c1cnc(Cl)nc1Cl. The Morgan fingerprint density at radius 2 is 1.81 bits per heavy atom. The van der Waals surface area contributed by atoms with Crippen LogP contribution in [0.4, 0.5) is 5.69 Å². The van der Waals surface area contributed by atoms with Crippen LogP contribution in [0, 0.1) is 13.8 Å². The maximum absolute atomic E-state index is 12.7. The number of hydrogen-bond acceptors (Lipinski definition) is 4. The standard InChI is InChI=1S/C19H25Cl2N3O2Si/c1-11-8-9-14(26-27(6,7)19(3,4)5)12(2)15(11)23-17(25)13-10-22-18(21)24-16(13)20/h8-10H,1-7H3,(H,23,25). The zero-order valence-electron chi connectivity index (χ0n) is 16.7. The van der Waals surface area contributed by atoms with Gasteiger partial charge in [0.1, 0.15) is 10.9 Å². The topological polar surface area (TPSA) is 64.1 Å². The molecule has 1 amide bonds. The van der Waals surface area contributed by atoms with Crippen molar-refractivity contribution < 1.29 is 9.22 Å². The fraction of sp³-hybridized carbons (Fsp3) is 0.421. The van der Waals surface area contributed by atoms with Crippen molar-refractivity contribution in [1.29, 1.82) is 0 Å². The van der Waals surface area contributed by atoms with E-state index in [-0.39, 0.29) is 21.0 Å². The third-order valence-corrected chi connectivity index (χ3v) is 9.80. The molecule has 0 atom stereocenters. The molecule has 0 aliphatic carbocycles. The molecule has 1 N–H and O–H groups in total. The molecule has 8 heteroatoms. The number of nitrogens with one attached hydrogen (secondary N) is 1. The minimum Gasteiger partial charge on any atom is -0.543 e. The van der Waals surface area contributed by atoms with Gasteiger partial charge in [0.05, 0.1) is 11.3 Å². The highest BCUT2D eigenvalue weighted by Crippen LogP contribution is 2.39. The van der Waals surface area contributed by atoms with Crippen molar-refractivity contribution in [3.63, 3.8) is 0 Å². The highest BCUT2D eigenvalue weighted by atomic mass is 35.5. The van der Waals surface area contributed by atoms with Crippen LogP contribution in [-0.4, -0.2) is 24.2 Å². The van der Waals surface area contributed by atoms with Crippen molar-refractivity contribution in [2.24, 2.45) is 0 Å². The lowest BCUT2D eigenvalue weighted by Gasteiger charge is -2.37. The average Bonchev–Trinajstić information content (AvgIpc) is 2.52. The van der Waals surface area contributed by atoms with Gasteiger partial charge in [-0.2, -0.15) is 0 Å². The summed E-state index contributed by atoms with van der Waals surface area (Å²) >= 11 is 11.7. The van der Waals surface area contributed by atoms with E-state index in [0.717, 1.165) is 16.9 Å². The maximum Gasteiger partial charge on any atom is 0.260 e. The van der Waals surface area contributed by atoms with Crippen molar-refractivity contribution in [2.75, 3.05) is 5.32 Å². The van der Waals surface area contributed by atoms with E-state index in [1.807, 2.05) is 26.0 Å². The first-order chi connectivity index (χ1) is 12.3. The van der Waals surface area contributed by atoms with Gasteiger partial charge in [0.15, 0.2) is 0 Å². The lowest BCUT2D eigenvalue weighted by molar-refractivity contribution is 0.102. The Morgan fingerprint density at radius 1 is 1.19 bits per heavy atom. The Kier molecular flexibility index (Phi) is 6.24. The molecule has 0 fully saturated rings. The van der Waals surface area contributed by atoms with E-state index in [2.05, 4.69) is 49.1 Å². The second kappa shape index (κ2) is 7.77. The van der Waals surface area contributed by atoms with E-state index in [1.165, 1.54) is 6.20 Å². The Balaban J connectivity index is 2.36. The van der Waals surface area contributed by atoms with Gasteiger partial charge in [0.2, 0.25) is 13.6 Å². The number of carbonyl (C=O) groups excluding carboxylic acids is 1. The molecule has 0 radical (unpaired) electrons. The summed E-state index contributed by atoms with van der Waals surface area (Å²) in [6, 6.07) is 3.89. The van der Waals surface area contributed by atoms with E-state index >= 15 is 0 Å². The third-order valence-electron chi connectivity index (χ3n) is 4.99. The predicted molar refractivity (Wildman–Crippen MR) is 114 cm³/mol. The number of anilines is 1. The number of halogens is 2. The summed E-state index contributed by atoms with van der Waals surface area (Å²) in [6.45, 7) is 14.8. The smallest absolute Gasteiger partial charge is 0.260 e. The number of aryl methyl sites for hydroxylation is 1. The quantitative estimate of drug-likeness (QED) is 0.368. The van der Waals surface area contributed by atoms with Gasteiger partial charge in [-0.1, -0.05) is 38.4 Å². The Hall–Kier alpha value is -1.63. The lowest BCUT2D eigenvalue weighted by atomic mass is 10.1. The first-order valence-electron chi connectivity index (χ1n) is 8.62.